The van der Waals surface area contributed by atoms with Crippen LogP contribution in [0.25, 0.3) is 0 Å². The highest BCUT2D eigenvalue weighted by Gasteiger charge is 2.27. The van der Waals surface area contributed by atoms with E-state index >= 15 is 0 Å². The van der Waals surface area contributed by atoms with Gasteiger partial charge in [0.05, 0.1) is 33.9 Å². The summed E-state index contributed by atoms with van der Waals surface area (Å²) in [7, 11) is 1.41. The third-order valence-electron chi connectivity index (χ3n) is 8.68. The molecule has 1 unspecified atom stereocenters. The number of hydrogen-bond acceptors (Lipinski definition) is 8. The van der Waals surface area contributed by atoms with Gasteiger partial charge in [-0.05, 0) is 44.9 Å². The van der Waals surface area contributed by atoms with Crippen molar-refractivity contribution in [2.24, 2.45) is 0 Å². The maximum atomic E-state index is 12.6. The Morgan fingerprint density at radius 2 is 1.17 bits per heavy atom. The lowest BCUT2D eigenvalue weighted by molar-refractivity contribution is -0.870. The van der Waals surface area contributed by atoms with E-state index in [1.54, 1.807) is 0 Å². The Balaban J connectivity index is 4.53. The molecule has 0 aromatic rings. The van der Waals surface area contributed by atoms with E-state index in [9.17, 15) is 24.2 Å². The molecular formula is C43H79NO9P+. The molecule has 0 bridgehead atoms. The molecule has 0 amide bonds. The number of esters is 2. The predicted molar refractivity (Wildman–Crippen MR) is 221 cm³/mol. The molecule has 0 aliphatic rings. The van der Waals surface area contributed by atoms with E-state index < -0.39 is 32.5 Å². The Labute approximate surface area is 329 Å². The second kappa shape index (κ2) is 35.4. The van der Waals surface area contributed by atoms with Crippen molar-refractivity contribution in [2.75, 3.05) is 47.5 Å². The van der Waals surface area contributed by atoms with Crippen LogP contribution >= 0.6 is 7.82 Å². The first-order valence-corrected chi connectivity index (χ1v) is 22.4. The molecule has 314 valence electrons. The van der Waals surface area contributed by atoms with Crippen LogP contribution in [-0.2, 0) is 32.7 Å². The number of unbranched alkanes of at least 4 members (excludes halogenated alkanes) is 13. The van der Waals surface area contributed by atoms with Crippen LogP contribution in [0.1, 0.15) is 155 Å². The number of nitrogens with zero attached hydrogens (tertiary/aromatic N) is 1. The fourth-order valence-corrected chi connectivity index (χ4v) is 6.06. The zero-order valence-corrected chi connectivity index (χ0v) is 35.7. The van der Waals surface area contributed by atoms with Gasteiger partial charge in [0, 0.05) is 12.8 Å². The van der Waals surface area contributed by atoms with E-state index in [0.29, 0.717) is 23.9 Å². The topological polar surface area (TPSA) is 129 Å². The monoisotopic (exact) mass is 785 g/mol. The van der Waals surface area contributed by atoms with Gasteiger partial charge in [0.25, 0.3) is 0 Å². The van der Waals surface area contributed by atoms with Crippen LogP contribution in [0.3, 0.4) is 0 Å². The second-order valence-electron chi connectivity index (χ2n) is 15.2. The molecule has 0 fully saturated rings. The zero-order chi connectivity index (χ0) is 40.2. The number of carbonyl (C=O) groups is 2. The van der Waals surface area contributed by atoms with Crippen molar-refractivity contribution in [3.63, 3.8) is 0 Å². The third-order valence-corrected chi connectivity index (χ3v) is 9.67. The highest BCUT2D eigenvalue weighted by atomic mass is 31.2. The highest BCUT2D eigenvalue weighted by Crippen LogP contribution is 2.43. The van der Waals surface area contributed by atoms with Gasteiger partial charge in [0.1, 0.15) is 19.8 Å². The van der Waals surface area contributed by atoms with Gasteiger partial charge in [0.2, 0.25) is 0 Å². The number of hydrogen-bond donors (Lipinski definition) is 2. The smallest absolute Gasteiger partial charge is 0.462 e. The largest absolute Gasteiger partial charge is 0.472 e. The number of rotatable bonds is 37. The van der Waals surface area contributed by atoms with Crippen molar-refractivity contribution in [1.82, 2.24) is 0 Å². The average molecular weight is 785 g/mol. The first-order chi connectivity index (χ1) is 25.9. The van der Waals surface area contributed by atoms with Gasteiger partial charge in [-0.1, -0.05) is 146 Å². The standard InChI is InChI=1S/C43H78NO9P/c1-6-8-10-11-12-13-14-18-21-24-27-30-34-42(46)50-38-41(39-52-54(48,49)51-37-36-44(3,4)5)53-43(47)35-31-28-25-22-19-16-15-17-20-23-26-29-33-40(45)32-9-7-2/h15-16,20,22-23,25,29,33,40-41,45H,6-14,17-19,21,24,26-28,30-32,34-39H2,1-5H3/p+1/b16-15-,23-20-,25-22-,33-29-/t40-,41-/m1/s1. The van der Waals surface area contributed by atoms with E-state index in [4.69, 9.17) is 18.5 Å². The van der Waals surface area contributed by atoms with Gasteiger partial charge < -0.3 is 24.0 Å². The van der Waals surface area contributed by atoms with Crippen molar-refractivity contribution in [3.8, 4) is 0 Å². The lowest BCUT2D eigenvalue weighted by Crippen LogP contribution is -2.37. The summed E-state index contributed by atoms with van der Waals surface area (Å²) >= 11 is 0. The van der Waals surface area contributed by atoms with Gasteiger partial charge in [-0.25, -0.2) is 4.57 Å². The summed E-state index contributed by atoms with van der Waals surface area (Å²) in [5, 5.41) is 9.82. The van der Waals surface area contributed by atoms with E-state index in [-0.39, 0.29) is 32.2 Å². The van der Waals surface area contributed by atoms with Crippen LogP contribution in [0.4, 0.5) is 0 Å². The van der Waals surface area contributed by atoms with Crippen molar-refractivity contribution >= 4 is 19.8 Å². The number of phosphoric acid groups is 1. The number of likely N-dealkylation sites (N-methyl/N-ethyl adjacent to an activating group) is 1. The summed E-state index contributed by atoms with van der Waals surface area (Å²) < 4.78 is 34.1. The first kappa shape index (κ1) is 51.9. The molecule has 54 heavy (non-hydrogen) atoms. The molecular weight excluding hydrogens is 705 g/mol. The van der Waals surface area contributed by atoms with Crippen LogP contribution in [0, 0.1) is 0 Å². The fraction of sp³-hybridized carbons (Fsp3) is 0.767. The number of ether oxygens (including phenoxy) is 2. The fourth-order valence-electron chi connectivity index (χ4n) is 5.32. The van der Waals surface area contributed by atoms with Crippen LogP contribution in [0.5, 0.6) is 0 Å². The molecule has 11 heteroatoms. The number of aliphatic hydroxyl groups is 1. The minimum absolute atomic E-state index is 0.0136. The molecule has 3 atom stereocenters. The Bertz CT molecular complexity index is 1080. The molecule has 0 saturated carbocycles. The summed E-state index contributed by atoms with van der Waals surface area (Å²) in [6.45, 7) is 4.17. The summed E-state index contributed by atoms with van der Waals surface area (Å²) in [5.41, 5.74) is 0. The second-order valence-corrected chi connectivity index (χ2v) is 16.7. The number of aliphatic hydroxyl groups excluding tert-OH is 1. The third kappa shape index (κ3) is 38.2. The molecule has 0 radical (unpaired) electrons. The SMILES string of the molecule is CCCCCCCCCCCCCCC(=O)OC[C@H](COP(=O)(O)OCC[N+](C)(C)C)OC(=O)CCC/C=C\C/C=C\C/C=C\C/C=C\[C@H](O)CCCC. The van der Waals surface area contributed by atoms with Gasteiger partial charge in [-0.3, -0.25) is 18.6 Å². The van der Waals surface area contributed by atoms with E-state index in [2.05, 4.69) is 44.2 Å². The molecule has 0 saturated heterocycles. The summed E-state index contributed by atoms with van der Waals surface area (Å²) in [6.07, 6.45) is 36.4. The van der Waals surface area contributed by atoms with Crippen molar-refractivity contribution < 1.29 is 47.2 Å². The van der Waals surface area contributed by atoms with Crippen LogP contribution in [0.15, 0.2) is 48.6 Å². The molecule has 0 aliphatic heterocycles. The quantitative estimate of drug-likeness (QED) is 0.0208. The Hall–Kier alpha value is -2.07. The van der Waals surface area contributed by atoms with Crippen molar-refractivity contribution in [1.29, 1.82) is 0 Å². The molecule has 10 nitrogen and oxygen atoms in total. The van der Waals surface area contributed by atoms with E-state index in [0.717, 1.165) is 57.8 Å². The normalized spacial score (nSPS) is 14.7. The molecule has 0 heterocycles. The zero-order valence-electron chi connectivity index (χ0n) is 34.8. The molecule has 0 aromatic carbocycles. The number of allylic oxidation sites excluding steroid dienone is 7. The van der Waals surface area contributed by atoms with Crippen LogP contribution in [-0.4, -0.2) is 86.1 Å². The molecule has 2 N–H and O–H groups in total. The van der Waals surface area contributed by atoms with Gasteiger partial charge >= 0.3 is 19.8 Å². The molecule has 0 aliphatic carbocycles. The van der Waals surface area contributed by atoms with Crippen molar-refractivity contribution in [2.45, 2.75) is 167 Å². The summed E-state index contributed by atoms with van der Waals surface area (Å²) in [4.78, 5) is 35.2. The summed E-state index contributed by atoms with van der Waals surface area (Å²) in [6, 6.07) is 0. The van der Waals surface area contributed by atoms with Crippen molar-refractivity contribution in [3.05, 3.63) is 48.6 Å². The Morgan fingerprint density at radius 3 is 1.74 bits per heavy atom. The molecule has 0 spiro atoms. The molecule has 0 aromatic heterocycles. The number of quaternary nitrogens is 1. The van der Waals surface area contributed by atoms with E-state index in [1.807, 2.05) is 39.4 Å². The van der Waals surface area contributed by atoms with Gasteiger partial charge in [-0.15, -0.1) is 0 Å². The lowest BCUT2D eigenvalue weighted by Gasteiger charge is -2.24. The minimum Gasteiger partial charge on any atom is -0.462 e. The first-order valence-electron chi connectivity index (χ1n) is 21.0. The highest BCUT2D eigenvalue weighted by molar-refractivity contribution is 7.47. The van der Waals surface area contributed by atoms with Gasteiger partial charge in [0.15, 0.2) is 6.10 Å². The van der Waals surface area contributed by atoms with E-state index in [1.165, 1.54) is 57.8 Å². The van der Waals surface area contributed by atoms with Crippen LogP contribution < -0.4 is 0 Å². The lowest BCUT2D eigenvalue weighted by atomic mass is 10.0. The molecule has 0 rings (SSSR count). The Kier molecular flexibility index (Phi) is 34.0. The maximum absolute atomic E-state index is 12.6. The maximum Gasteiger partial charge on any atom is 0.472 e. The predicted octanol–water partition coefficient (Wildman–Crippen LogP) is 10.5. The number of phosphoric ester groups is 1. The Morgan fingerprint density at radius 1 is 0.648 bits per heavy atom. The van der Waals surface area contributed by atoms with Crippen LogP contribution in [0.2, 0.25) is 0 Å². The summed E-state index contributed by atoms with van der Waals surface area (Å²) in [5.74, 6) is -0.888. The van der Waals surface area contributed by atoms with Gasteiger partial charge in [-0.2, -0.15) is 0 Å². The minimum atomic E-state index is -4.39. The number of carbonyl (C=O) groups excluding carboxylic acids is 2. The average Bonchev–Trinajstić information content (AvgIpc) is 3.11.